The van der Waals surface area contributed by atoms with Crippen molar-refractivity contribution in [3.05, 3.63) is 64.9 Å². The van der Waals surface area contributed by atoms with Crippen molar-refractivity contribution in [1.82, 2.24) is 10.3 Å². The fraction of sp³-hybridized carbons (Fsp3) is 0.158. The Labute approximate surface area is 160 Å². The number of aromatic nitrogens is 1. The summed E-state index contributed by atoms with van der Waals surface area (Å²) in [7, 11) is 3.15. The van der Waals surface area contributed by atoms with Crippen LogP contribution in [-0.2, 0) is 6.54 Å². The summed E-state index contributed by atoms with van der Waals surface area (Å²) in [6.07, 6.45) is 0. The van der Waals surface area contributed by atoms with Crippen LogP contribution in [0.2, 0.25) is 0 Å². The van der Waals surface area contributed by atoms with Gasteiger partial charge in [0.1, 0.15) is 23.0 Å². The fourth-order valence-electron chi connectivity index (χ4n) is 2.33. The van der Waals surface area contributed by atoms with Crippen LogP contribution >= 0.6 is 11.3 Å². The first-order chi connectivity index (χ1) is 13.1. The van der Waals surface area contributed by atoms with Crippen LogP contribution in [0.1, 0.15) is 16.1 Å². The first-order valence-corrected chi connectivity index (χ1v) is 8.94. The molecule has 0 aliphatic carbocycles. The van der Waals surface area contributed by atoms with Crippen LogP contribution in [-0.4, -0.2) is 25.1 Å². The molecule has 3 aromatic rings. The highest BCUT2D eigenvalue weighted by Crippen LogP contribution is 2.32. The largest absolute Gasteiger partial charge is 0.497 e. The summed E-state index contributed by atoms with van der Waals surface area (Å²) in [5, 5.41) is 8.12. The lowest BCUT2D eigenvalue weighted by Crippen LogP contribution is -2.23. The number of thiazole rings is 1. The second kappa shape index (κ2) is 8.50. The molecule has 2 N–H and O–H groups in total. The zero-order valence-electron chi connectivity index (χ0n) is 14.8. The minimum Gasteiger partial charge on any atom is -0.497 e. The molecular weight excluding hydrogens is 369 g/mol. The molecule has 8 heteroatoms. The Balaban J connectivity index is 1.64. The number of methoxy groups -OCH3 is 2. The number of rotatable bonds is 7. The van der Waals surface area contributed by atoms with E-state index in [4.69, 9.17) is 9.47 Å². The fourth-order valence-corrected chi connectivity index (χ4v) is 3.03. The number of carbonyl (C=O) groups is 1. The smallest absolute Gasteiger partial charge is 0.271 e. The van der Waals surface area contributed by atoms with Crippen molar-refractivity contribution in [3.8, 4) is 11.5 Å². The zero-order valence-corrected chi connectivity index (χ0v) is 15.6. The van der Waals surface area contributed by atoms with E-state index in [1.807, 2.05) is 6.07 Å². The molecule has 140 valence electrons. The summed E-state index contributed by atoms with van der Waals surface area (Å²) in [5.74, 6) is 0.670. The van der Waals surface area contributed by atoms with Gasteiger partial charge in [0.25, 0.3) is 5.91 Å². The van der Waals surface area contributed by atoms with E-state index in [0.29, 0.717) is 34.6 Å². The molecule has 3 rings (SSSR count). The van der Waals surface area contributed by atoms with Crippen LogP contribution < -0.4 is 20.1 Å². The lowest BCUT2D eigenvalue weighted by atomic mass is 10.2. The van der Waals surface area contributed by atoms with Gasteiger partial charge in [-0.25, -0.2) is 9.37 Å². The van der Waals surface area contributed by atoms with Gasteiger partial charge in [-0.1, -0.05) is 12.1 Å². The maximum absolute atomic E-state index is 12.9. The minimum absolute atomic E-state index is 0.297. The summed E-state index contributed by atoms with van der Waals surface area (Å²) in [6, 6.07) is 11.3. The summed E-state index contributed by atoms with van der Waals surface area (Å²) in [6.45, 7) is 0.297. The normalized spacial score (nSPS) is 10.3. The Kier molecular flexibility index (Phi) is 5.87. The average Bonchev–Trinajstić information content (AvgIpc) is 3.16. The van der Waals surface area contributed by atoms with Crippen molar-refractivity contribution in [2.45, 2.75) is 6.54 Å². The van der Waals surface area contributed by atoms with Crippen molar-refractivity contribution in [3.63, 3.8) is 0 Å². The van der Waals surface area contributed by atoms with E-state index in [1.54, 1.807) is 43.9 Å². The summed E-state index contributed by atoms with van der Waals surface area (Å²) < 4.78 is 23.4. The molecule has 0 saturated heterocycles. The van der Waals surface area contributed by atoms with Crippen LogP contribution in [0.5, 0.6) is 11.5 Å². The molecule has 0 saturated carbocycles. The Hall–Kier alpha value is -3.13. The molecule has 6 nitrogen and oxygen atoms in total. The predicted molar refractivity (Wildman–Crippen MR) is 103 cm³/mol. The Morgan fingerprint density at radius 2 is 1.93 bits per heavy atom. The van der Waals surface area contributed by atoms with Gasteiger partial charge in [0.15, 0.2) is 5.13 Å². The summed E-state index contributed by atoms with van der Waals surface area (Å²) >= 11 is 1.31. The van der Waals surface area contributed by atoms with Gasteiger partial charge in [0.2, 0.25) is 0 Å². The number of anilines is 2. The average molecular weight is 387 g/mol. The number of benzene rings is 2. The van der Waals surface area contributed by atoms with E-state index >= 15 is 0 Å². The molecule has 0 bridgehead atoms. The second-order valence-corrected chi connectivity index (χ2v) is 6.40. The van der Waals surface area contributed by atoms with Crippen LogP contribution in [0.25, 0.3) is 0 Å². The quantitative estimate of drug-likeness (QED) is 0.642. The number of carbonyl (C=O) groups excluding carboxylic acids is 1. The van der Waals surface area contributed by atoms with Gasteiger partial charge in [-0.05, 0) is 29.8 Å². The Morgan fingerprint density at radius 1 is 1.15 bits per heavy atom. The molecule has 2 aromatic carbocycles. The Morgan fingerprint density at radius 3 is 2.63 bits per heavy atom. The third-order valence-corrected chi connectivity index (χ3v) is 4.51. The molecule has 0 fully saturated rings. The standard InChI is InChI=1S/C19H18FN3O3S/c1-25-14-7-8-15(17(9-14)26-2)22-19-23-16(11-27-19)18(24)21-10-12-3-5-13(20)6-4-12/h3-9,11H,10H2,1-2H3,(H,21,24)(H,22,23). The highest BCUT2D eigenvalue weighted by molar-refractivity contribution is 7.14. The molecule has 0 aliphatic rings. The summed E-state index contributed by atoms with van der Waals surface area (Å²) in [4.78, 5) is 16.5. The first kappa shape index (κ1) is 18.7. The highest BCUT2D eigenvalue weighted by Gasteiger charge is 2.12. The highest BCUT2D eigenvalue weighted by atomic mass is 32.1. The number of halogens is 1. The zero-order chi connectivity index (χ0) is 19.2. The number of hydrogen-bond donors (Lipinski definition) is 2. The van der Waals surface area contributed by atoms with Crippen molar-refractivity contribution in [1.29, 1.82) is 0 Å². The maximum atomic E-state index is 12.9. The molecule has 0 spiro atoms. The Bertz CT molecular complexity index is 928. The lowest BCUT2D eigenvalue weighted by molar-refractivity contribution is 0.0946. The molecular formula is C19H18FN3O3S. The van der Waals surface area contributed by atoms with E-state index in [-0.39, 0.29) is 11.7 Å². The van der Waals surface area contributed by atoms with E-state index < -0.39 is 0 Å². The van der Waals surface area contributed by atoms with Gasteiger partial charge in [-0.15, -0.1) is 11.3 Å². The van der Waals surface area contributed by atoms with Crippen LogP contribution in [0.15, 0.2) is 47.8 Å². The molecule has 0 unspecified atom stereocenters. The third kappa shape index (κ3) is 4.73. The molecule has 0 atom stereocenters. The van der Waals surface area contributed by atoms with E-state index in [2.05, 4.69) is 15.6 Å². The van der Waals surface area contributed by atoms with Gasteiger partial charge >= 0.3 is 0 Å². The molecule has 27 heavy (non-hydrogen) atoms. The molecule has 1 heterocycles. The predicted octanol–water partition coefficient (Wildman–Crippen LogP) is 3.97. The van der Waals surface area contributed by atoms with Gasteiger partial charge in [0.05, 0.1) is 19.9 Å². The van der Waals surface area contributed by atoms with E-state index in [9.17, 15) is 9.18 Å². The van der Waals surface area contributed by atoms with Crippen molar-refractivity contribution in [2.75, 3.05) is 19.5 Å². The van der Waals surface area contributed by atoms with Gasteiger partial charge in [-0.3, -0.25) is 4.79 Å². The topological polar surface area (TPSA) is 72.5 Å². The number of amides is 1. The molecule has 0 aliphatic heterocycles. The van der Waals surface area contributed by atoms with Gasteiger partial charge < -0.3 is 20.1 Å². The number of nitrogens with zero attached hydrogens (tertiary/aromatic N) is 1. The number of hydrogen-bond acceptors (Lipinski definition) is 6. The number of nitrogens with one attached hydrogen (secondary N) is 2. The van der Waals surface area contributed by atoms with Crippen molar-refractivity contribution < 1.29 is 18.7 Å². The SMILES string of the molecule is COc1ccc(Nc2nc(C(=O)NCc3ccc(F)cc3)cs2)c(OC)c1. The monoisotopic (exact) mass is 387 g/mol. The van der Waals surface area contributed by atoms with Crippen molar-refractivity contribution >= 4 is 28.1 Å². The lowest BCUT2D eigenvalue weighted by Gasteiger charge is -2.10. The van der Waals surface area contributed by atoms with E-state index in [1.165, 1.54) is 23.5 Å². The summed E-state index contributed by atoms with van der Waals surface area (Å²) in [5.41, 5.74) is 1.82. The third-order valence-electron chi connectivity index (χ3n) is 3.75. The van der Waals surface area contributed by atoms with Crippen LogP contribution in [0.4, 0.5) is 15.2 Å². The number of ether oxygens (including phenoxy) is 2. The van der Waals surface area contributed by atoms with Crippen molar-refractivity contribution in [2.24, 2.45) is 0 Å². The van der Waals surface area contributed by atoms with Crippen LogP contribution in [0, 0.1) is 5.82 Å². The molecule has 0 radical (unpaired) electrons. The minimum atomic E-state index is -0.311. The van der Waals surface area contributed by atoms with Crippen LogP contribution in [0.3, 0.4) is 0 Å². The first-order valence-electron chi connectivity index (χ1n) is 8.06. The molecule has 1 aromatic heterocycles. The molecule has 1 amide bonds. The van der Waals surface area contributed by atoms with Gasteiger partial charge in [-0.2, -0.15) is 0 Å². The maximum Gasteiger partial charge on any atom is 0.271 e. The second-order valence-electron chi connectivity index (χ2n) is 5.54. The van der Waals surface area contributed by atoms with E-state index in [0.717, 1.165) is 5.56 Å². The van der Waals surface area contributed by atoms with Gasteiger partial charge in [0, 0.05) is 18.0 Å².